The van der Waals surface area contributed by atoms with Crippen molar-refractivity contribution in [2.75, 3.05) is 5.32 Å². The van der Waals surface area contributed by atoms with Gasteiger partial charge in [0.05, 0.1) is 5.92 Å². The molecule has 2 rings (SSSR count). The summed E-state index contributed by atoms with van der Waals surface area (Å²) in [5.74, 6) is -1.52. The van der Waals surface area contributed by atoms with Gasteiger partial charge >= 0.3 is 0 Å². The zero-order chi connectivity index (χ0) is 14.9. The molecule has 0 aromatic heterocycles. The molecule has 1 saturated carbocycles. The summed E-state index contributed by atoms with van der Waals surface area (Å²) in [4.78, 5) is 0. The fourth-order valence-corrected chi connectivity index (χ4v) is 2.59. The van der Waals surface area contributed by atoms with E-state index in [1.165, 1.54) is 18.2 Å². The van der Waals surface area contributed by atoms with Crippen molar-refractivity contribution >= 4 is 23.0 Å². The second-order valence-corrected chi connectivity index (χ2v) is 5.20. The van der Waals surface area contributed by atoms with Gasteiger partial charge in [-0.05, 0) is 23.8 Å². The molecule has 0 spiro atoms. The smallest absolute Gasteiger partial charge is 0.168 e. The number of halogens is 4. The summed E-state index contributed by atoms with van der Waals surface area (Å²) in [5.41, 5.74) is 5.72. The van der Waals surface area contributed by atoms with Crippen molar-refractivity contribution < 1.29 is 17.6 Å². The van der Waals surface area contributed by atoms with Gasteiger partial charge in [-0.3, -0.25) is 0 Å². The van der Waals surface area contributed by atoms with E-state index in [4.69, 9.17) is 5.73 Å². The van der Waals surface area contributed by atoms with Crippen LogP contribution in [0.1, 0.15) is 17.9 Å². The summed E-state index contributed by atoms with van der Waals surface area (Å²) in [6.45, 7) is 0. The maximum absolute atomic E-state index is 14.0. The standard InChI is InChI=1S/C13H14F4N2S/c14-7-5-8(15)12(17)10(11(7)16)6-3-1-2-4-9(6)19-13(18)20/h1-4,7-8,10-12H,5H2,(H3,18,19,20). The SMILES string of the molecule is NC(=S)Nc1ccccc1C1C(F)C(F)CC(F)C1F. The van der Waals surface area contributed by atoms with Crippen molar-refractivity contribution in [3.05, 3.63) is 29.8 Å². The van der Waals surface area contributed by atoms with Gasteiger partial charge in [-0.2, -0.15) is 0 Å². The average Bonchev–Trinajstić information content (AvgIpc) is 2.38. The Kier molecular flexibility index (Phi) is 4.47. The largest absolute Gasteiger partial charge is 0.376 e. The third-order valence-electron chi connectivity index (χ3n) is 3.41. The zero-order valence-electron chi connectivity index (χ0n) is 10.4. The third-order valence-corrected chi connectivity index (χ3v) is 3.51. The van der Waals surface area contributed by atoms with Crippen LogP contribution in [-0.4, -0.2) is 29.8 Å². The van der Waals surface area contributed by atoms with E-state index in [2.05, 4.69) is 17.5 Å². The number of nitrogens with one attached hydrogen (secondary N) is 1. The summed E-state index contributed by atoms with van der Waals surface area (Å²) in [5, 5.41) is 2.48. The van der Waals surface area contributed by atoms with Crippen molar-refractivity contribution in [3.8, 4) is 0 Å². The van der Waals surface area contributed by atoms with E-state index >= 15 is 0 Å². The first-order valence-electron chi connectivity index (χ1n) is 6.13. The van der Waals surface area contributed by atoms with Crippen LogP contribution >= 0.6 is 12.2 Å². The number of thiocarbonyl (C=S) groups is 1. The van der Waals surface area contributed by atoms with Crippen LogP contribution in [0.5, 0.6) is 0 Å². The lowest BCUT2D eigenvalue weighted by molar-refractivity contribution is -0.00549. The molecule has 1 aliphatic carbocycles. The Morgan fingerprint density at radius 1 is 1.10 bits per heavy atom. The number of nitrogens with two attached hydrogens (primary N) is 1. The highest BCUT2D eigenvalue weighted by molar-refractivity contribution is 7.80. The van der Waals surface area contributed by atoms with Gasteiger partial charge < -0.3 is 11.1 Å². The predicted octanol–water partition coefficient (Wildman–Crippen LogP) is 3.18. The van der Waals surface area contributed by atoms with Crippen molar-refractivity contribution in [1.29, 1.82) is 0 Å². The minimum absolute atomic E-state index is 0.0901. The topological polar surface area (TPSA) is 38.0 Å². The summed E-state index contributed by atoms with van der Waals surface area (Å²) in [6.07, 6.45) is -9.03. The summed E-state index contributed by atoms with van der Waals surface area (Å²) in [7, 11) is 0. The molecular weight excluding hydrogens is 292 g/mol. The van der Waals surface area contributed by atoms with E-state index in [0.29, 0.717) is 0 Å². The number of hydrogen-bond acceptors (Lipinski definition) is 1. The Bertz CT molecular complexity index is 485. The highest BCUT2D eigenvalue weighted by Crippen LogP contribution is 2.42. The van der Waals surface area contributed by atoms with E-state index < -0.39 is 37.0 Å². The van der Waals surface area contributed by atoms with Crippen LogP contribution in [-0.2, 0) is 0 Å². The van der Waals surface area contributed by atoms with E-state index in [9.17, 15) is 17.6 Å². The van der Waals surface area contributed by atoms with Crippen molar-refractivity contribution in [1.82, 2.24) is 0 Å². The van der Waals surface area contributed by atoms with Crippen LogP contribution in [0.4, 0.5) is 23.2 Å². The fourth-order valence-electron chi connectivity index (χ4n) is 2.48. The van der Waals surface area contributed by atoms with E-state index in [1.54, 1.807) is 6.07 Å². The monoisotopic (exact) mass is 306 g/mol. The molecule has 4 atom stereocenters. The van der Waals surface area contributed by atoms with Gasteiger partial charge in [-0.25, -0.2) is 17.6 Å². The molecule has 0 radical (unpaired) electrons. The molecule has 7 heteroatoms. The molecule has 20 heavy (non-hydrogen) atoms. The Balaban J connectivity index is 2.40. The molecule has 0 aliphatic heterocycles. The maximum atomic E-state index is 14.0. The van der Waals surface area contributed by atoms with Gasteiger partial charge in [0.15, 0.2) is 5.11 Å². The molecule has 0 amide bonds. The van der Waals surface area contributed by atoms with Crippen LogP contribution < -0.4 is 11.1 Å². The minimum atomic E-state index is -2.11. The molecule has 110 valence electrons. The first-order valence-corrected chi connectivity index (χ1v) is 6.54. The first kappa shape index (κ1) is 15.0. The molecule has 2 nitrogen and oxygen atoms in total. The van der Waals surface area contributed by atoms with Crippen molar-refractivity contribution in [2.24, 2.45) is 5.73 Å². The normalized spacial score (nSPS) is 33.7. The highest BCUT2D eigenvalue weighted by Gasteiger charge is 2.47. The third kappa shape index (κ3) is 2.87. The Labute approximate surface area is 119 Å². The lowest BCUT2D eigenvalue weighted by Crippen LogP contribution is -2.44. The number of rotatable bonds is 2. The number of para-hydroxylation sites is 1. The van der Waals surface area contributed by atoms with Gasteiger partial charge in [-0.1, -0.05) is 18.2 Å². The Morgan fingerprint density at radius 2 is 1.65 bits per heavy atom. The van der Waals surface area contributed by atoms with Crippen LogP contribution in [0.2, 0.25) is 0 Å². The van der Waals surface area contributed by atoms with Crippen LogP contribution in [0.25, 0.3) is 0 Å². The summed E-state index contributed by atoms with van der Waals surface area (Å²) in [6, 6.07) is 6.06. The quantitative estimate of drug-likeness (QED) is 0.651. The number of hydrogen-bond donors (Lipinski definition) is 2. The number of benzene rings is 1. The maximum Gasteiger partial charge on any atom is 0.168 e. The number of alkyl halides is 4. The Morgan fingerprint density at radius 3 is 2.20 bits per heavy atom. The van der Waals surface area contributed by atoms with E-state index in [1.807, 2.05) is 0 Å². The molecular formula is C13H14F4N2S. The zero-order valence-corrected chi connectivity index (χ0v) is 11.2. The van der Waals surface area contributed by atoms with Gasteiger partial charge in [0.25, 0.3) is 0 Å². The highest BCUT2D eigenvalue weighted by atomic mass is 32.1. The summed E-state index contributed by atoms with van der Waals surface area (Å²) < 4.78 is 54.9. The van der Waals surface area contributed by atoms with Gasteiger partial charge in [-0.15, -0.1) is 0 Å². The molecule has 1 aromatic carbocycles. The first-order chi connectivity index (χ1) is 9.41. The van der Waals surface area contributed by atoms with Gasteiger partial charge in [0, 0.05) is 12.1 Å². The Hall–Kier alpha value is -1.37. The molecule has 1 aliphatic rings. The second kappa shape index (κ2) is 5.95. The van der Waals surface area contributed by atoms with Crippen molar-refractivity contribution in [3.63, 3.8) is 0 Å². The predicted molar refractivity (Wildman–Crippen MR) is 73.8 cm³/mol. The van der Waals surface area contributed by atoms with Crippen molar-refractivity contribution in [2.45, 2.75) is 37.0 Å². The van der Waals surface area contributed by atoms with Gasteiger partial charge in [0.2, 0.25) is 0 Å². The lowest BCUT2D eigenvalue weighted by atomic mass is 9.78. The molecule has 0 saturated heterocycles. The van der Waals surface area contributed by atoms with Crippen LogP contribution in [0, 0.1) is 0 Å². The molecule has 1 fully saturated rings. The summed E-state index contributed by atoms with van der Waals surface area (Å²) >= 11 is 4.67. The molecule has 1 aromatic rings. The fraction of sp³-hybridized carbons (Fsp3) is 0.462. The number of anilines is 1. The average molecular weight is 306 g/mol. The van der Waals surface area contributed by atoms with E-state index in [-0.39, 0.29) is 16.4 Å². The molecule has 3 N–H and O–H groups in total. The van der Waals surface area contributed by atoms with Crippen LogP contribution in [0.15, 0.2) is 24.3 Å². The molecule has 0 bridgehead atoms. The molecule has 4 unspecified atom stereocenters. The minimum Gasteiger partial charge on any atom is -0.376 e. The second-order valence-electron chi connectivity index (χ2n) is 4.76. The van der Waals surface area contributed by atoms with Gasteiger partial charge in [0.1, 0.15) is 24.7 Å². The van der Waals surface area contributed by atoms with E-state index in [0.717, 1.165) is 0 Å². The van der Waals surface area contributed by atoms with Crippen LogP contribution in [0.3, 0.4) is 0 Å². The molecule has 0 heterocycles. The lowest BCUT2D eigenvalue weighted by Gasteiger charge is -2.35.